The molecule has 0 N–H and O–H groups in total. The predicted octanol–water partition coefficient (Wildman–Crippen LogP) is 1.78. The van der Waals surface area contributed by atoms with E-state index in [1.165, 1.54) is 6.07 Å². The highest BCUT2D eigenvalue weighted by atomic mass is 19.1. The minimum Gasteiger partial charge on any atom is -0.354 e. The monoisotopic (exact) mass is 416 g/mol. The number of hydrogen-bond donors (Lipinski definition) is 0. The zero-order chi connectivity index (χ0) is 21.3. The van der Waals surface area contributed by atoms with Crippen LogP contribution < -0.4 is 9.80 Å². The van der Waals surface area contributed by atoms with Crippen LogP contribution in [-0.2, 0) is 0 Å². The number of halogens is 2. The fraction of sp³-hybridized carbons (Fsp3) is 0.476. The lowest BCUT2D eigenvalue weighted by Crippen LogP contribution is -2.49. The van der Waals surface area contributed by atoms with E-state index < -0.39 is 17.5 Å². The number of aromatic nitrogens is 2. The number of anilines is 2. The average molecular weight is 416 g/mol. The molecule has 3 heterocycles. The van der Waals surface area contributed by atoms with Gasteiger partial charge in [-0.15, -0.1) is 0 Å². The van der Waals surface area contributed by atoms with Crippen molar-refractivity contribution in [2.75, 3.05) is 69.2 Å². The fourth-order valence-corrected chi connectivity index (χ4v) is 3.82. The Morgan fingerprint density at radius 2 is 1.57 bits per heavy atom. The van der Waals surface area contributed by atoms with Crippen LogP contribution in [-0.4, -0.2) is 85.1 Å². The molecule has 160 valence electrons. The molecule has 2 aliphatic heterocycles. The van der Waals surface area contributed by atoms with Gasteiger partial charge >= 0.3 is 0 Å². The molecule has 0 spiro atoms. The molecule has 2 aromatic rings. The van der Waals surface area contributed by atoms with Gasteiger partial charge in [-0.3, -0.25) is 4.79 Å². The Morgan fingerprint density at radius 3 is 2.23 bits per heavy atom. The number of carbonyl (C=O) groups is 1. The predicted molar refractivity (Wildman–Crippen MR) is 111 cm³/mol. The maximum Gasteiger partial charge on any atom is 0.256 e. The van der Waals surface area contributed by atoms with Gasteiger partial charge in [0.05, 0.1) is 5.56 Å². The second-order valence-corrected chi connectivity index (χ2v) is 7.86. The number of benzene rings is 1. The van der Waals surface area contributed by atoms with Crippen molar-refractivity contribution in [3.63, 3.8) is 0 Å². The number of carbonyl (C=O) groups excluding carboxylic acids is 1. The van der Waals surface area contributed by atoms with Crippen molar-refractivity contribution in [3.05, 3.63) is 47.2 Å². The minimum atomic E-state index is -0.832. The summed E-state index contributed by atoms with van der Waals surface area (Å²) in [5.74, 6) is -0.361. The molecule has 0 atom stereocenters. The van der Waals surface area contributed by atoms with E-state index in [2.05, 4.69) is 26.7 Å². The Morgan fingerprint density at radius 1 is 0.900 bits per heavy atom. The van der Waals surface area contributed by atoms with Crippen molar-refractivity contribution in [2.24, 2.45) is 0 Å². The first-order valence-corrected chi connectivity index (χ1v) is 10.2. The molecular weight excluding hydrogens is 390 g/mol. The maximum atomic E-state index is 14.0. The summed E-state index contributed by atoms with van der Waals surface area (Å²) in [7, 11) is 2.12. The second kappa shape index (κ2) is 8.51. The van der Waals surface area contributed by atoms with Gasteiger partial charge in [-0.2, -0.15) is 4.98 Å². The van der Waals surface area contributed by atoms with Crippen LogP contribution in [0.2, 0.25) is 0 Å². The molecule has 2 aliphatic rings. The molecule has 1 aromatic carbocycles. The molecule has 4 rings (SSSR count). The van der Waals surface area contributed by atoms with Crippen LogP contribution in [0.4, 0.5) is 20.5 Å². The lowest BCUT2D eigenvalue weighted by Gasteiger charge is -2.36. The summed E-state index contributed by atoms with van der Waals surface area (Å²) < 4.78 is 27.1. The Balaban J connectivity index is 1.43. The van der Waals surface area contributed by atoms with Crippen LogP contribution in [0.3, 0.4) is 0 Å². The maximum absolute atomic E-state index is 14.0. The van der Waals surface area contributed by atoms with Crippen molar-refractivity contribution in [1.29, 1.82) is 0 Å². The Kier molecular flexibility index (Phi) is 5.80. The van der Waals surface area contributed by atoms with Gasteiger partial charge in [-0.25, -0.2) is 13.8 Å². The van der Waals surface area contributed by atoms with Crippen molar-refractivity contribution in [2.45, 2.75) is 6.92 Å². The number of nitrogens with zero attached hydrogens (tertiary/aromatic N) is 6. The van der Waals surface area contributed by atoms with Gasteiger partial charge in [0, 0.05) is 70.2 Å². The minimum absolute atomic E-state index is 0.103. The van der Waals surface area contributed by atoms with Crippen LogP contribution in [0.1, 0.15) is 16.1 Å². The van der Waals surface area contributed by atoms with Gasteiger partial charge in [0.2, 0.25) is 5.95 Å². The third-order valence-corrected chi connectivity index (χ3v) is 5.67. The van der Waals surface area contributed by atoms with Gasteiger partial charge in [0.1, 0.15) is 17.5 Å². The summed E-state index contributed by atoms with van der Waals surface area (Å²) in [5, 5.41) is 0. The Labute approximate surface area is 174 Å². The molecular formula is C21H26F2N6O. The van der Waals surface area contributed by atoms with Crippen LogP contribution in [0.5, 0.6) is 0 Å². The summed E-state index contributed by atoms with van der Waals surface area (Å²) in [6.07, 6.45) is 0. The molecule has 2 saturated heterocycles. The van der Waals surface area contributed by atoms with E-state index in [0.29, 0.717) is 32.1 Å². The first kappa shape index (κ1) is 20.5. The molecule has 0 saturated carbocycles. The topological polar surface area (TPSA) is 55.8 Å². The number of rotatable bonds is 3. The molecule has 7 nitrogen and oxygen atoms in total. The van der Waals surface area contributed by atoms with Gasteiger partial charge in [-0.05, 0) is 26.1 Å². The highest BCUT2D eigenvalue weighted by molar-refractivity contribution is 5.94. The van der Waals surface area contributed by atoms with Crippen molar-refractivity contribution in [1.82, 2.24) is 19.8 Å². The summed E-state index contributed by atoms with van der Waals surface area (Å²) in [6.45, 7) is 7.78. The quantitative estimate of drug-likeness (QED) is 0.760. The summed E-state index contributed by atoms with van der Waals surface area (Å²) in [6, 6.07) is 5.05. The first-order chi connectivity index (χ1) is 14.4. The molecule has 0 unspecified atom stereocenters. The molecule has 9 heteroatoms. The van der Waals surface area contributed by atoms with Gasteiger partial charge in [-0.1, -0.05) is 0 Å². The highest BCUT2D eigenvalue weighted by Gasteiger charge is 2.26. The van der Waals surface area contributed by atoms with Crippen molar-refractivity contribution >= 4 is 17.7 Å². The van der Waals surface area contributed by atoms with Gasteiger partial charge in [0.15, 0.2) is 0 Å². The standard InChI is InChI=1S/C21H26F2N6O/c1-15-13-19(27-7-5-26(2)6-8-27)25-21(24-15)29-11-9-28(10-12-29)20(30)17-4-3-16(22)14-18(17)23/h3-4,13-14H,5-12H2,1-2H3. The summed E-state index contributed by atoms with van der Waals surface area (Å²) in [5.41, 5.74) is 0.801. The van der Waals surface area contributed by atoms with E-state index in [4.69, 9.17) is 4.98 Å². The fourth-order valence-electron chi connectivity index (χ4n) is 3.82. The number of amides is 1. The number of likely N-dealkylation sites (N-methyl/N-ethyl adjacent to an activating group) is 1. The molecule has 0 radical (unpaired) electrons. The zero-order valence-electron chi connectivity index (χ0n) is 17.3. The third kappa shape index (κ3) is 4.35. The lowest BCUT2D eigenvalue weighted by atomic mass is 10.1. The number of piperazine rings is 2. The molecule has 1 aromatic heterocycles. The van der Waals surface area contributed by atoms with E-state index in [9.17, 15) is 13.6 Å². The van der Waals surface area contributed by atoms with Crippen LogP contribution in [0.25, 0.3) is 0 Å². The summed E-state index contributed by atoms with van der Waals surface area (Å²) in [4.78, 5) is 30.2. The second-order valence-electron chi connectivity index (χ2n) is 7.86. The molecule has 0 aliphatic carbocycles. The normalized spacial score (nSPS) is 18.1. The first-order valence-electron chi connectivity index (χ1n) is 10.2. The van der Waals surface area contributed by atoms with Crippen molar-refractivity contribution < 1.29 is 13.6 Å². The van der Waals surface area contributed by atoms with E-state index in [1.807, 2.05) is 13.0 Å². The highest BCUT2D eigenvalue weighted by Crippen LogP contribution is 2.21. The number of hydrogen-bond acceptors (Lipinski definition) is 6. The van der Waals surface area contributed by atoms with Gasteiger partial charge in [0.25, 0.3) is 5.91 Å². The van der Waals surface area contributed by atoms with E-state index in [1.54, 1.807) is 4.90 Å². The smallest absolute Gasteiger partial charge is 0.256 e. The SMILES string of the molecule is Cc1cc(N2CCN(C)CC2)nc(N2CCN(C(=O)c3ccc(F)cc3F)CC2)n1. The lowest BCUT2D eigenvalue weighted by molar-refractivity contribution is 0.0741. The molecule has 2 fully saturated rings. The largest absolute Gasteiger partial charge is 0.354 e. The van der Waals surface area contributed by atoms with Crippen LogP contribution in [0, 0.1) is 18.6 Å². The van der Waals surface area contributed by atoms with Gasteiger partial charge < -0.3 is 19.6 Å². The molecule has 30 heavy (non-hydrogen) atoms. The number of aryl methyl sites for hydroxylation is 1. The van der Waals surface area contributed by atoms with Crippen molar-refractivity contribution in [3.8, 4) is 0 Å². The van der Waals surface area contributed by atoms with Crippen LogP contribution >= 0.6 is 0 Å². The third-order valence-electron chi connectivity index (χ3n) is 5.67. The van der Waals surface area contributed by atoms with E-state index in [0.717, 1.165) is 49.8 Å². The summed E-state index contributed by atoms with van der Waals surface area (Å²) >= 11 is 0. The van der Waals surface area contributed by atoms with E-state index in [-0.39, 0.29) is 5.56 Å². The zero-order valence-corrected chi connectivity index (χ0v) is 17.3. The molecule has 1 amide bonds. The Bertz CT molecular complexity index is 924. The average Bonchev–Trinajstić information content (AvgIpc) is 2.73. The van der Waals surface area contributed by atoms with Crippen LogP contribution in [0.15, 0.2) is 24.3 Å². The van der Waals surface area contributed by atoms with E-state index >= 15 is 0 Å². The Hall–Kier alpha value is -2.81. The molecule has 0 bridgehead atoms.